The van der Waals surface area contributed by atoms with E-state index in [2.05, 4.69) is 5.32 Å². The summed E-state index contributed by atoms with van der Waals surface area (Å²) in [7, 11) is 1.65. The molecule has 1 fully saturated rings. The van der Waals surface area contributed by atoms with Crippen LogP contribution in [0, 0.1) is 0 Å². The molecule has 0 saturated heterocycles. The van der Waals surface area contributed by atoms with Crippen LogP contribution in [0.15, 0.2) is 23.1 Å². The van der Waals surface area contributed by atoms with Crippen molar-refractivity contribution in [2.75, 3.05) is 19.0 Å². The van der Waals surface area contributed by atoms with Crippen LogP contribution in [0.4, 0.5) is 5.69 Å². The molecule has 0 atom stereocenters. The average Bonchev–Trinajstić information content (AvgIpc) is 2.42. The van der Waals surface area contributed by atoms with Gasteiger partial charge >= 0.3 is 0 Å². The number of hydrogen-bond acceptors (Lipinski definition) is 3. The quantitative estimate of drug-likeness (QED) is 0.900. The molecular weight excluding hydrogens is 252 g/mol. The summed E-state index contributed by atoms with van der Waals surface area (Å²) in [6, 6.07) is 4.08. The molecular formula is C16H26N2O2. The van der Waals surface area contributed by atoms with E-state index in [4.69, 9.17) is 4.74 Å². The zero-order valence-electron chi connectivity index (χ0n) is 12.4. The maximum atomic E-state index is 11.7. The highest BCUT2D eigenvalue weighted by Gasteiger charge is 2.11. The number of ether oxygens (including phenoxy) is 1. The molecule has 112 valence electrons. The van der Waals surface area contributed by atoms with Crippen molar-refractivity contribution in [3.63, 3.8) is 0 Å². The van der Waals surface area contributed by atoms with Gasteiger partial charge in [0.05, 0.1) is 12.3 Å². The molecule has 0 aliphatic heterocycles. The Bertz CT molecular complexity index is 448. The van der Waals surface area contributed by atoms with Crippen molar-refractivity contribution in [1.82, 2.24) is 4.57 Å². The van der Waals surface area contributed by atoms with Gasteiger partial charge in [-0.25, -0.2) is 0 Å². The Morgan fingerprint density at radius 3 is 2.60 bits per heavy atom. The monoisotopic (exact) mass is 278 g/mol. The van der Waals surface area contributed by atoms with Gasteiger partial charge in [0.15, 0.2) is 0 Å². The largest absolute Gasteiger partial charge is 0.383 e. The van der Waals surface area contributed by atoms with E-state index in [9.17, 15) is 4.79 Å². The zero-order chi connectivity index (χ0) is 14.2. The molecule has 1 N–H and O–H groups in total. The van der Waals surface area contributed by atoms with Crippen molar-refractivity contribution >= 4 is 5.69 Å². The van der Waals surface area contributed by atoms with Crippen LogP contribution in [0.2, 0.25) is 0 Å². The Balaban J connectivity index is 1.98. The molecule has 0 unspecified atom stereocenters. The van der Waals surface area contributed by atoms with Crippen LogP contribution in [0.3, 0.4) is 0 Å². The summed E-state index contributed by atoms with van der Waals surface area (Å²) >= 11 is 0. The Kier molecular flexibility index (Phi) is 6.12. The van der Waals surface area contributed by atoms with E-state index >= 15 is 0 Å². The van der Waals surface area contributed by atoms with Crippen LogP contribution in [0.5, 0.6) is 0 Å². The fraction of sp³-hybridized carbons (Fsp3) is 0.688. The van der Waals surface area contributed by atoms with Gasteiger partial charge in [-0.3, -0.25) is 4.79 Å². The van der Waals surface area contributed by atoms with Crippen LogP contribution in [-0.2, 0) is 11.3 Å². The second-order valence-corrected chi connectivity index (χ2v) is 5.63. The second-order valence-electron chi connectivity index (χ2n) is 5.63. The molecule has 1 aromatic heterocycles. The predicted molar refractivity (Wildman–Crippen MR) is 82.3 cm³/mol. The lowest BCUT2D eigenvalue weighted by molar-refractivity contribution is 0.186. The van der Waals surface area contributed by atoms with Crippen molar-refractivity contribution in [2.45, 2.75) is 57.5 Å². The normalized spacial score (nSPS) is 17.4. The zero-order valence-corrected chi connectivity index (χ0v) is 12.4. The van der Waals surface area contributed by atoms with E-state index in [1.807, 2.05) is 12.3 Å². The second kappa shape index (κ2) is 8.10. The molecule has 0 spiro atoms. The molecule has 4 heteroatoms. The molecule has 2 rings (SSSR count). The van der Waals surface area contributed by atoms with Gasteiger partial charge in [0.25, 0.3) is 5.56 Å². The summed E-state index contributed by atoms with van der Waals surface area (Å²) in [6.07, 6.45) is 11.1. The third kappa shape index (κ3) is 4.67. The van der Waals surface area contributed by atoms with Gasteiger partial charge in [-0.1, -0.05) is 32.1 Å². The van der Waals surface area contributed by atoms with Gasteiger partial charge < -0.3 is 14.6 Å². The van der Waals surface area contributed by atoms with E-state index in [-0.39, 0.29) is 5.56 Å². The number of methoxy groups -OCH3 is 1. The van der Waals surface area contributed by atoms with Gasteiger partial charge in [0.2, 0.25) is 0 Å². The summed E-state index contributed by atoms with van der Waals surface area (Å²) in [5.74, 6) is 0. The molecule has 0 aromatic carbocycles. The highest BCUT2D eigenvalue weighted by atomic mass is 16.5. The molecule has 1 heterocycles. The van der Waals surface area contributed by atoms with E-state index in [0.29, 0.717) is 19.2 Å². The van der Waals surface area contributed by atoms with Crippen LogP contribution in [0.1, 0.15) is 44.9 Å². The lowest BCUT2D eigenvalue weighted by Crippen LogP contribution is -2.24. The molecule has 0 radical (unpaired) electrons. The highest BCUT2D eigenvalue weighted by molar-refractivity contribution is 5.41. The SMILES string of the molecule is COCCn1cc(NC2CCCCCCC2)ccc1=O. The molecule has 4 nitrogen and oxygen atoms in total. The molecule has 1 saturated carbocycles. The third-order valence-electron chi connectivity index (χ3n) is 4.00. The van der Waals surface area contributed by atoms with Gasteiger partial charge in [-0.15, -0.1) is 0 Å². The van der Waals surface area contributed by atoms with Crippen molar-refractivity contribution < 1.29 is 4.74 Å². The number of aromatic nitrogens is 1. The fourth-order valence-corrected chi connectivity index (χ4v) is 2.82. The van der Waals surface area contributed by atoms with Crippen LogP contribution >= 0.6 is 0 Å². The first-order valence-electron chi connectivity index (χ1n) is 7.75. The summed E-state index contributed by atoms with van der Waals surface area (Å²) < 4.78 is 6.76. The van der Waals surface area contributed by atoms with Crippen molar-refractivity contribution in [3.8, 4) is 0 Å². The van der Waals surface area contributed by atoms with Crippen molar-refractivity contribution in [1.29, 1.82) is 0 Å². The summed E-state index contributed by atoms with van der Waals surface area (Å²) in [5.41, 5.74) is 1.08. The van der Waals surface area contributed by atoms with Crippen LogP contribution < -0.4 is 10.9 Å². The smallest absolute Gasteiger partial charge is 0.250 e. The molecule has 0 amide bonds. The fourth-order valence-electron chi connectivity index (χ4n) is 2.82. The maximum Gasteiger partial charge on any atom is 0.250 e. The number of rotatable bonds is 5. The Morgan fingerprint density at radius 1 is 1.20 bits per heavy atom. The lowest BCUT2D eigenvalue weighted by Gasteiger charge is -2.22. The van der Waals surface area contributed by atoms with Gasteiger partial charge in [-0.05, 0) is 18.9 Å². The van der Waals surface area contributed by atoms with Crippen molar-refractivity contribution in [2.24, 2.45) is 0 Å². The molecule has 20 heavy (non-hydrogen) atoms. The number of nitrogens with zero attached hydrogens (tertiary/aromatic N) is 1. The third-order valence-corrected chi connectivity index (χ3v) is 4.00. The topological polar surface area (TPSA) is 43.3 Å². The van der Waals surface area contributed by atoms with E-state index in [1.54, 1.807) is 17.7 Å². The van der Waals surface area contributed by atoms with E-state index < -0.39 is 0 Å². The minimum Gasteiger partial charge on any atom is -0.383 e. The number of hydrogen-bond donors (Lipinski definition) is 1. The van der Waals surface area contributed by atoms with E-state index in [1.165, 1.54) is 44.9 Å². The van der Waals surface area contributed by atoms with Crippen LogP contribution in [0.25, 0.3) is 0 Å². The highest BCUT2D eigenvalue weighted by Crippen LogP contribution is 2.20. The number of pyridine rings is 1. The summed E-state index contributed by atoms with van der Waals surface area (Å²) in [4.78, 5) is 11.7. The van der Waals surface area contributed by atoms with Crippen LogP contribution in [-0.4, -0.2) is 24.3 Å². The van der Waals surface area contributed by atoms with Gasteiger partial charge in [-0.2, -0.15) is 0 Å². The Hall–Kier alpha value is -1.29. The maximum absolute atomic E-state index is 11.7. The Labute approximate surface area is 121 Å². The minimum atomic E-state index is 0.0327. The van der Waals surface area contributed by atoms with Gasteiger partial charge in [0.1, 0.15) is 0 Å². The molecule has 0 bridgehead atoms. The average molecular weight is 278 g/mol. The van der Waals surface area contributed by atoms with E-state index in [0.717, 1.165) is 5.69 Å². The molecule has 1 aromatic rings. The van der Waals surface area contributed by atoms with Gasteiger partial charge in [0, 0.05) is 32.0 Å². The summed E-state index contributed by atoms with van der Waals surface area (Å²) in [5, 5.41) is 3.59. The molecule has 1 aliphatic rings. The number of anilines is 1. The number of nitrogens with one attached hydrogen (secondary N) is 1. The first-order valence-corrected chi connectivity index (χ1v) is 7.75. The molecule has 1 aliphatic carbocycles. The summed E-state index contributed by atoms with van der Waals surface area (Å²) in [6.45, 7) is 1.17. The van der Waals surface area contributed by atoms with Crippen molar-refractivity contribution in [3.05, 3.63) is 28.7 Å². The standard InChI is InChI=1S/C16H26N2O2/c1-20-12-11-18-13-15(9-10-16(18)19)17-14-7-5-3-2-4-6-8-14/h9-10,13-14,17H,2-8,11-12H2,1H3. The first kappa shape index (κ1) is 15.1. The minimum absolute atomic E-state index is 0.0327. The predicted octanol–water partition coefficient (Wildman–Crippen LogP) is 3.02. The Morgan fingerprint density at radius 2 is 1.90 bits per heavy atom. The lowest BCUT2D eigenvalue weighted by atomic mass is 9.96. The first-order chi connectivity index (χ1) is 9.79.